The molecule has 2 aliphatic heterocycles. The van der Waals surface area contributed by atoms with Crippen LogP contribution in [0.2, 0.25) is 0 Å². The number of hydrogen-bond donors (Lipinski definition) is 3. The second kappa shape index (κ2) is 6.84. The Kier molecular flexibility index (Phi) is 4.07. The molecule has 0 fully saturated rings. The maximum atomic E-state index is 15.7. The highest BCUT2D eigenvalue weighted by molar-refractivity contribution is 6.00. The first-order valence-electron chi connectivity index (χ1n) is 10.5. The second-order valence-corrected chi connectivity index (χ2v) is 8.29. The lowest BCUT2D eigenvalue weighted by molar-refractivity contribution is 0.0940. The minimum atomic E-state index is -0.541. The van der Waals surface area contributed by atoms with Gasteiger partial charge >= 0.3 is 0 Å². The Morgan fingerprint density at radius 3 is 2.90 bits per heavy atom. The zero-order valence-corrected chi connectivity index (χ0v) is 17.0. The van der Waals surface area contributed by atoms with Crippen LogP contribution in [0.25, 0.3) is 11.3 Å². The third-order valence-electron chi connectivity index (χ3n) is 6.41. The van der Waals surface area contributed by atoms with Gasteiger partial charge in [0.2, 0.25) is 5.88 Å². The lowest BCUT2D eigenvalue weighted by Gasteiger charge is -2.21. The van der Waals surface area contributed by atoms with Crippen LogP contribution < -0.4 is 15.4 Å². The first-order chi connectivity index (χ1) is 15.1. The SMILES string of the molecule is C[C@@H]1CNC(=O)c2c1[nH]c1c2CCc2cnc(Oc3ncnc4c3CNCC4)c(F)c2-1. The van der Waals surface area contributed by atoms with Gasteiger partial charge in [-0.15, -0.1) is 0 Å². The van der Waals surface area contributed by atoms with Crippen molar-refractivity contribution in [1.82, 2.24) is 30.6 Å². The molecule has 0 radical (unpaired) electrons. The predicted octanol–water partition coefficient (Wildman–Crippen LogP) is 2.39. The summed E-state index contributed by atoms with van der Waals surface area (Å²) in [7, 11) is 0. The monoisotopic (exact) mass is 420 g/mol. The summed E-state index contributed by atoms with van der Waals surface area (Å²) in [6.45, 7) is 4.02. The minimum Gasteiger partial charge on any atom is -0.417 e. The highest BCUT2D eigenvalue weighted by Gasteiger charge is 2.34. The Labute approximate surface area is 177 Å². The third kappa shape index (κ3) is 2.76. The van der Waals surface area contributed by atoms with Crippen LogP contribution in [-0.4, -0.2) is 38.9 Å². The van der Waals surface area contributed by atoms with Gasteiger partial charge in [-0.3, -0.25) is 4.79 Å². The number of aromatic nitrogens is 4. The number of carbonyl (C=O) groups is 1. The molecule has 1 aliphatic carbocycles. The van der Waals surface area contributed by atoms with Crippen LogP contribution in [0.1, 0.15) is 51.3 Å². The van der Waals surface area contributed by atoms with Crippen LogP contribution in [0, 0.1) is 5.82 Å². The van der Waals surface area contributed by atoms with E-state index in [0.29, 0.717) is 48.6 Å². The number of hydrogen-bond acceptors (Lipinski definition) is 6. The number of ether oxygens (including phenoxy) is 1. The molecule has 1 amide bonds. The molecule has 8 nitrogen and oxygen atoms in total. The van der Waals surface area contributed by atoms with Gasteiger partial charge in [-0.05, 0) is 24.0 Å². The molecule has 3 aliphatic rings. The maximum Gasteiger partial charge on any atom is 0.258 e. The topological polar surface area (TPSA) is 105 Å². The lowest BCUT2D eigenvalue weighted by atomic mass is 9.87. The van der Waals surface area contributed by atoms with Crippen molar-refractivity contribution < 1.29 is 13.9 Å². The molecule has 158 valence electrons. The number of nitrogens with zero attached hydrogens (tertiary/aromatic N) is 3. The van der Waals surface area contributed by atoms with E-state index in [2.05, 4.69) is 30.6 Å². The number of pyridine rings is 1. The fourth-order valence-electron chi connectivity index (χ4n) is 4.81. The zero-order chi connectivity index (χ0) is 21.1. The highest BCUT2D eigenvalue weighted by Crippen LogP contribution is 2.42. The average Bonchev–Trinajstić information content (AvgIpc) is 3.19. The summed E-state index contributed by atoms with van der Waals surface area (Å²) in [5, 5.41) is 6.19. The van der Waals surface area contributed by atoms with Gasteiger partial charge in [-0.1, -0.05) is 6.92 Å². The van der Waals surface area contributed by atoms with Gasteiger partial charge in [-0.25, -0.2) is 19.3 Å². The predicted molar refractivity (Wildman–Crippen MR) is 110 cm³/mol. The first-order valence-corrected chi connectivity index (χ1v) is 10.5. The van der Waals surface area contributed by atoms with Gasteiger partial charge in [-0.2, -0.15) is 0 Å². The summed E-state index contributed by atoms with van der Waals surface area (Å²) in [6, 6.07) is 0. The van der Waals surface area contributed by atoms with E-state index >= 15 is 4.39 Å². The van der Waals surface area contributed by atoms with Crippen molar-refractivity contribution in [3.8, 4) is 23.0 Å². The molecule has 3 aromatic rings. The number of aromatic amines is 1. The highest BCUT2D eigenvalue weighted by atomic mass is 19.1. The molecule has 0 saturated carbocycles. The Hall–Kier alpha value is -3.33. The number of carbonyl (C=O) groups excluding carboxylic acids is 1. The molecule has 31 heavy (non-hydrogen) atoms. The summed E-state index contributed by atoms with van der Waals surface area (Å²) in [5.41, 5.74) is 6.02. The fraction of sp³-hybridized carbons (Fsp3) is 0.364. The summed E-state index contributed by atoms with van der Waals surface area (Å²) >= 11 is 0. The number of H-pyrrole nitrogens is 1. The van der Waals surface area contributed by atoms with E-state index in [4.69, 9.17) is 4.74 Å². The van der Waals surface area contributed by atoms with E-state index < -0.39 is 5.82 Å². The molecule has 6 rings (SSSR count). The van der Waals surface area contributed by atoms with Crippen molar-refractivity contribution in [3.05, 3.63) is 52.0 Å². The molecule has 0 unspecified atom stereocenters. The van der Waals surface area contributed by atoms with E-state index in [-0.39, 0.29) is 17.7 Å². The molecule has 3 N–H and O–H groups in total. The number of halogens is 1. The quantitative estimate of drug-likeness (QED) is 0.588. The van der Waals surface area contributed by atoms with Crippen LogP contribution in [-0.2, 0) is 25.8 Å². The molecule has 5 heterocycles. The van der Waals surface area contributed by atoms with Crippen molar-refractivity contribution in [2.24, 2.45) is 0 Å². The van der Waals surface area contributed by atoms with Crippen LogP contribution >= 0.6 is 0 Å². The van der Waals surface area contributed by atoms with Gasteiger partial charge in [0.1, 0.15) is 6.33 Å². The summed E-state index contributed by atoms with van der Waals surface area (Å²) < 4.78 is 21.6. The molecule has 0 saturated heterocycles. The number of amides is 1. The molecule has 3 aromatic heterocycles. The number of rotatable bonds is 2. The standard InChI is InChI=1S/C22H21FN6O2/c1-10-6-25-20(30)16-12-3-2-11-7-26-22(17(23)15(11)19(12)29-18(10)16)31-21-13-8-24-5-4-14(13)27-9-28-21/h7,9-10,24,29H,2-6,8H2,1H3,(H,25,30)/t10-/m1/s1. The smallest absolute Gasteiger partial charge is 0.258 e. The summed E-state index contributed by atoms with van der Waals surface area (Å²) in [6.07, 6.45) is 5.15. The van der Waals surface area contributed by atoms with Gasteiger partial charge in [0.25, 0.3) is 11.8 Å². The normalized spacial score (nSPS) is 19.0. The molecule has 0 bridgehead atoms. The summed E-state index contributed by atoms with van der Waals surface area (Å²) in [5.74, 6) is -0.301. The molecular weight excluding hydrogens is 399 g/mol. The van der Waals surface area contributed by atoms with E-state index in [1.54, 1.807) is 6.20 Å². The molecule has 0 spiro atoms. The third-order valence-corrected chi connectivity index (χ3v) is 6.41. The second-order valence-electron chi connectivity index (χ2n) is 8.29. The number of fused-ring (bicyclic) bond motifs is 6. The van der Waals surface area contributed by atoms with Gasteiger partial charge in [0, 0.05) is 49.4 Å². The zero-order valence-electron chi connectivity index (χ0n) is 17.0. The Morgan fingerprint density at radius 1 is 1.10 bits per heavy atom. The van der Waals surface area contributed by atoms with Crippen molar-refractivity contribution in [2.45, 2.75) is 38.6 Å². The van der Waals surface area contributed by atoms with E-state index in [0.717, 1.165) is 41.0 Å². The molecule has 0 aromatic carbocycles. The Bertz CT molecular complexity index is 1240. The molecular formula is C22H21FN6O2. The lowest BCUT2D eigenvalue weighted by Crippen LogP contribution is -2.34. The van der Waals surface area contributed by atoms with Gasteiger partial charge < -0.3 is 20.4 Å². The van der Waals surface area contributed by atoms with Crippen molar-refractivity contribution in [3.63, 3.8) is 0 Å². The van der Waals surface area contributed by atoms with E-state index in [9.17, 15) is 4.79 Å². The number of aryl methyl sites for hydroxylation is 1. The Morgan fingerprint density at radius 2 is 2.00 bits per heavy atom. The molecule has 9 heteroatoms. The largest absolute Gasteiger partial charge is 0.417 e. The van der Waals surface area contributed by atoms with Crippen LogP contribution in [0.4, 0.5) is 4.39 Å². The fourth-order valence-corrected chi connectivity index (χ4v) is 4.81. The minimum absolute atomic E-state index is 0.0971. The van der Waals surface area contributed by atoms with Crippen LogP contribution in [0.15, 0.2) is 12.5 Å². The first kappa shape index (κ1) is 18.4. The number of nitrogens with one attached hydrogen (secondary N) is 3. The average molecular weight is 420 g/mol. The van der Waals surface area contributed by atoms with E-state index in [1.165, 1.54) is 6.33 Å². The van der Waals surface area contributed by atoms with Gasteiger partial charge in [0.15, 0.2) is 5.82 Å². The van der Waals surface area contributed by atoms with Crippen molar-refractivity contribution in [1.29, 1.82) is 0 Å². The Balaban J connectivity index is 1.46. The van der Waals surface area contributed by atoms with Crippen LogP contribution in [0.5, 0.6) is 11.8 Å². The molecule has 1 atom stereocenters. The van der Waals surface area contributed by atoms with Crippen molar-refractivity contribution >= 4 is 5.91 Å². The maximum absolute atomic E-state index is 15.7. The van der Waals surface area contributed by atoms with Gasteiger partial charge in [0.05, 0.1) is 22.5 Å². The van der Waals surface area contributed by atoms with Crippen LogP contribution in [0.3, 0.4) is 0 Å². The van der Waals surface area contributed by atoms with Crippen molar-refractivity contribution in [2.75, 3.05) is 13.1 Å². The van der Waals surface area contributed by atoms with E-state index in [1.807, 2.05) is 6.92 Å². The summed E-state index contributed by atoms with van der Waals surface area (Å²) in [4.78, 5) is 28.6.